The predicted octanol–water partition coefficient (Wildman–Crippen LogP) is 5.30. The van der Waals surface area contributed by atoms with Crippen LogP contribution in [0.3, 0.4) is 0 Å². The van der Waals surface area contributed by atoms with E-state index in [9.17, 15) is 13.2 Å². The number of carbonyl (C=O) groups is 1. The van der Waals surface area contributed by atoms with E-state index in [0.717, 1.165) is 9.87 Å². The van der Waals surface area contributed by atoms with E-state index in [1.165, 1.54) is 37.4 Å². The minimum absolute atomic E-state index is 0.0213. The highest BCUT2D eigenvalue weighted by molar-refractivity contribution is 7.92. The number of nitrogens with one attached hydrogen (secondary N) is 1. The minimum atomic E-state index is -4.07. The SMILES string of the molecule is COc1cc(CNC(=O)CN(c2cc(Cl)cc(Cl)c2)S(=O)(=O)c2ccccc2)ccc1OC(C)C. The molecule has 186 valence electrons. The minimum Gasteiger partial charge on any atom is -0.493 e. The van der Waals surface area contributed by atoms with Crippen LogP contribution in [-0.2, 0) is 21.4 Å². The van der Waals surface area contributed by atoms with Crippen molar-refractivity contribution in [2.45, 2.75) is 31.4 Å². The molecular weight excluding hydrogens is 511 g/mol. The van der Waals surface area contributed by atoms with Crippen molar-refractivity contribution in [2.24, 2.45) is 0 Å². The van der Waals surface area contributed by atoms with Crippen LogP contribution in [0.4, 0.5) is 5.69 Å². The van der Waals surface area contributed by atoms with E-state index < -0.39 is 22.5 Å². The predicted molar refractivity (Wildman–Crippen MR) is 138 cm³/mol. The number of methoxy groups -OCH3 is 1. The molecule has 0 saturated heterocycles. The maximum absolute atomic E-state index is 13.4. The van der Waals surface area contributed by atoms with E-state index >= 15 is 0 Å². The zero-order chi connectivity index (χ0) is 25.6. The molecule has 1 amide bonds. The van der Waals surface area contributed by atoms with E-state index in [0.29, 0.717) is 11.5 Å². The number of rotatable bonds is 10. The Balaban J connectivity index is 1.82. The van der Waals surface area contributed by atoms with Crippen molar-refractivity contribution in [3.8, 4) is 11.5 Å². The quantitative estimate of drug-likeness (QED) is 0.380. The maximum atomic E-state index is 13.4. The van der Waals surface area contributed by atoms with Crippen molar-refractivity contribution in [3.63, 3.8) is 0 Å². The first-order valence-electron chi connectivity index (χ1n) is 10.7. The molecule has 0 aromatic heterocycles. The summed E-state index contributed by atoms with van der Waals surface area (Å²) in [5.74, 6) is 0.616. The van der Waals surface area contributed by atoms with Crippen molar-refractivity contribution in [2.75, 3.05) is 18.0 Å². The zero-order valence-electron chi connectivity index (χ0n) is 19.5. The topological polar surface area (TPSA) is 84.9 Å². The number of halogens is 2. The smallest absolute Gasteiger partial charge is 0.264 e. The lowest BCUT2D eigenvalue weighted by atomic mass is 10.2. The average molecular weight is 537 g/mol. The molecule has 0 spiro atoms. The molecule has 0 heterocycles. The van der Waals surface area contributed by atoms with Crippen LogP contribution in [0.5, 0.6) is 11.5 Å². The maximum Gasteiger partial charge on any atom is 0.264 e. The normalized spacial score (nSPS) is 11.3. The third-order valence-electron chi connectivity index (χ3n) is 4.83. The Labute approximate surface area is 215 Å². The summed E-state index contributed by atoms with van der Waals surface area (Å²) in [6.45, 7) is 3.51. The van der Waals surface area contributed by atoms with E-state index in [1.807, 2.05) is 13.8 Å². The molecule has 0 aliphatic carbocycles. The largest absolute Gasteiger partial charge is 0.493 e. The van der Waals surface area contributed by atoms with E-state index in [1.54, 1.807) is 36.4 Å². The van der Waals surface area contributed by atoms with Gasteiger partial charge in [0, 0.05) is 16.6 Å². The number of anilines is 1. The molecule has 10 heteroatoms. The van der Waals surface area contributed by atoms with E-state index in [4.69, 9.17) is 32.7 Å². The van der Waals surface area contributed by atoms with Crippen LogP contribution in [0.1, 0.15) is 19.4 Å². The van der Waals surface area contributed by atoms with Crippen molar-refractivity contribution < 1.29 is 22.7 Å². The van der Waals surface area contributed by atoms with Gasteiger partial charge >= 0.3 is 0 Å². The fraction of sp³-hybridized carbons (Fsp3) is 0.240. The summed E-state index contributed by atoms with van der Waals surface area (Å²) in [7, 11) is -2.54. The standard InChI is InChI=1S/C25H26Cl2N2O5S/c1-17(2)34-23-10-9-18(11-24(23)33-3)15-28-25(30)16-29(21-13-19(26)12-20(27)14-21)35(31,32)22-7-5-4-6-8-22/h4-14,17H,15-16H2,1-3H3,(H,28,30). The van der Waals surface area contributed by atoms with Crippen LogP contribution in [0, 0.1) is 0 Å². The van der Waals surface area contributed by atoms with Gasteiger partial charge in [-0.25, -0.2) is 8.42 Å². The van der Waals surface area contributed by atoms with E-state index in [-0.39, 0.29) is 33.3 Å². The molecule has 0 saturated carbocycles. The Morgan fingerprint density at radius 2 is 1.63 bits per heavy atom. The van der Waals surface area contributed by atoms with Crippen molar-refractivity contribution in [1.82, 2.24) is 5.32 Å². The first kappa shape index (κ1) is 26.7. The van der Waals surface area contributed by atoms with Crippen LogP contribution < -0.4 is 19.1 Å². The second-order valence-electron chi connectivity index (χ2n) is 7.88. The molecule has 0 aliphatic rings. The fourth-order valence-corrected chi connectivity index (χ4v) is 5.22. The molecule has 35 heavy (non-hydrogen) atoms. The van der Waals surface area contributed by atoms with Gasteiger partial charge in [-0.1, -0.05) is 47.5 Å². The van der Waals surface area contributed by atoms with Crippen molar-refractivity contribution in [1.29, 1.82) is 0 Å². The van der Waals surface area contributed by atoms with Gasteiger partial charge in [0.25, 0.3) is 10.0 Å². The summed E-state index contributed by atoms with van der Waals surface area (Å²) in [6.07, 6.45) is -0.0213. The number of benzene rings is 3. The van der Waals surface area contributed by atoms with Gasteiger partial charge in [-0.05, 0) is 61.9 Å². The van der Waals surface area contributed by atoms with E-state index in [2.05, 4.69) is 5.32 Å². The Bertz CT molecular complexity index is 1260. The molecule has 3 rings (SSSR count). The van der Waals surface area contributed by atoms with Gasteiger partial charge in [0.2, 0.25) is 5.91 Å². The Morgan fingerprint density at radius 3 is 2.23 bits per heavy atom. The first-order valence-corrected chi connectivity index (χ1v) is 12.9. The van der Waals surface area contributed by atoms with Gasteiger partial charge in [0.15, 0.2) is 11.5 Å². The number of nitrogens with zero attached hydrogens (tertiary/aromatic N) is 1. The Kier molecular flexibility index (Phi) is 8.88. The van der Waals surface area contributed by atoms with Gasteiger partial charge in [0.1, 0.15) is 6.54 Å². The molecule has 0 fully saturated rings. The Morgan fingerprint density at radius 1 is 0.971 bits per heavy atom. The highest BCUT2D eigenvalue weighted by Crippen LogP contribution is 2.30. The average Bonchev–Trinajstić information content (AvgIpc) is 2.81. The van der Waals surface area contributed by atoms with Gasteiger partial charge in [0.05, 0.1) is 23.8 Å². The molecule has 0 bridgehead atoms. The third kappa shape index (κ3) is 7.04. The number of amides is 1. The number of hydrogen-bond acceptors (Lipinski definition) is 5. The summed E-state index contributed by atoms with van der Waals surface area (Å²) < 4.78 is 38.9. The number of hydrogen-bond donors (Lipinski definition) is 1. The fourth-order valence-electron chi connectivity index (χ4n) is 3.28. The van der Waals surface area contributed by atoms with Crippen molar-refractivity contribution >= 4 is 44.8 Å². The highest BCUT2D eigenvalue weighted by Gasteiger charge is 2.27. The lowest BCUT2D eigenvalue weighted by Crippen LogP contribution is -2.40. The molecule has 3 aromatic carbocycles. The lowest BCUT2D eigenvalue weighted by Gasteiger charge is -2.24. The highest BCUT2D eigenvalue weighted by atomic mass is 35.5. The van der Waals surface area contributed by atoms with Gasteiger partial charge in [-0.2, -0.15) is 0 Å². The van der Waals surface area contributed by atoms with Crippen LogP contribution >= 0.6 is 23.2 Å². The second kappa shape index (κ2) is 11.7. The molecule has 0 aliphatic heterocycles. The van der Waals surface area contributed by atoms with Crippen LogP contribution in [0.15, 0.2) is 71.6 Å². The molecule has 0 radical (unpaired) electrons. The van der Waals surface area contributed by atoms with Crippen molar-refractivity contribution in [3.05, 3.63) is 82.3 Å². The number of sulfonamides is 1. The Hall–Kier alpha value is -2.94. The summed E-state index contributed by atoms with van der Waals surface area (Å²) in [6, 6.07) is 17.5. The molecule has 7 nitrogen and oxygen atoms in total. The van der Waals surface area contributed by atoms with Gasteiger partial charge in [-0.3, -0.25) is 9.10 Å². The van der Waals surface area contributed by atoms with Crippen LogP contribution in [0.25, 0.3) is 0 Å². The molecule has 0 unspecified atom stereocenters. The third-order valence-corrected chi connectivity index (χ3v) is 7.06. The lowest BCUT2D eigenvalue weighted by molar-refractivity contribution is -0.119. The first-order chi connectivity index (χ1) is 16.6. The second-order valence-corrected chi connectivity index (χ2v) is 10.6. The molecule has 0 atom stereocenters. The monoisotopic (exact) mass is 536 g/mol. The summed E-state index contributed by atoms with van der Waals surface area (Å²) in [5, 5.41) is 3.25. The van der Waals surface area contributed by atoms with Gasteiger partial charge in [-0.15, -0.1) is 0 Å². The summed E-state index contributed by atoms with van der Waals surface area (Å²) in [5.41, 5.74) is 0.938. The van der Waals surface area contributed by atoms with Crippen LogP contribution in [0.2, 0.25) is 10.0 Å². The molecule has 1 N–H and O–H groups in total. The molecule has 3 aromatic rings. The van der Waals surface area contributed by atoms with Crippen LogP contribution in [-0.4, -0.2) is 34.1 Å². The summed E-state index contributed by atoms with van der Waals surface area (Å²) >= 11 is 12.2. The summed E-state index contributed by atoms with van der Waals surface area (Å²) in [4.78, 5) is 12.9. The number of carbonyl (C=O) groups excluding carboxylic acids is 1. The van der Waals surface area contributed by atoms with Gasteiger partial charge < -0.3 is 14.8 Å². The number of ether oxygens (including phenoxy) is 2. The zero-order valence-corrected chi connectivity index (χ0v) is 21.8. The molecular formula is C25H26Cl2N2O5S.